The molecule has 0 saturated heterocycles. The van der Waals surface area contributed by atoms with E-state index < -0.39 is 0 Å². The third kappa shape index (κ3) is 3.99. The molecule has 2 aromatic rings. The lowest BCUT2D eigenvalue weighted by molar-refractivity contribution is 0.0940. The Balaban J connectivity index is 2.12. The molecule has 21 heavy (non-hydrogen) atoms. The number of carbonyl (C=O) groups excluding carboxylic acids is 1. The molecule has 0 fully saturated rings. The van der Waals surface area contributed by atoms with E-state index in [-0.39, 0.29) is 11.9 Å². The quantitative estimate of drug-likeness (QED) is 0.856. The summed E-state index contributed by atoms with van der Waals surface area (Å²) in [5.41, 5.74) is 1.53. The summed E-state index contributed by atoms with van der Waals surface area (Å²) in [7, 11) is 1.58. The summed E-state index contributed by atoms with van der Waals surface area (Å²) in [5.74, 6) is 0.542. The van der Waals surface area contributed by atoms with Crippen LogP contribution in [0.25, 0.3) is 0 Å². The van der Waals surface area contributed by atoms with Gasteiger partial charge < -0.3 is 10.1 Å². The van der Waals surface area contributed by atoms with Crippen LogP contribution >= 0.6 is 27.5 Å². The molecular weight excluding hydrogens is 354 g/mol. The number of nitrogens with one attached hydrogen (secondary N) is 1. The molecule has 0 aliphatic heterocycles. The maximum atomic E-state index is 12.3. The van der Waals surface area contributed by atoms with E-state index in [4.69, 9.17) is 16.3 Å². The standard InChI is InChI=1S/C16H15BrClNO2/c1-10(11-4-3-5-13(18)8-11)19-16(20)12-6-7-15(21-2)14(17)9-12/h3-10H,1-2H3,(H,19,20). The number of carbonyl (C=O) groups is 1. The van der Waals surface area contributed by atoms with Crippen molar-refractivity contribution in [2.24, 2.45) is 0 Å². The lowest BCUT2D eigenvalue weighted by Crippen LogP contribution is -2.26. The SMILES string of the molecule is COc1ccc(C(=O)NC(C)c2cccc(Cl)c2)cc1Br. The van der Waals surface area contributed by atoms with Gasteiger partial charge in [0.2, 0.25) is 0 Å². The van der Waals surface area contributed by atoms with Gasteiger partial charge in [-0.05, 0) is 58.7 Å². The van der Waals surface area contributed by atoms with Crippen molar-refractivity contribution in [2.75, 3.05) is 7.11 Å². The normalized spacial score (nSPS) is 11.8. The third-order valence-corrected chi connectivity index (χ3v) is 3.97. The van der Waals surface area contributed by atoms with E-state index in [1.807, 2.05) is 25.1 Å². The molecule has 1 atom stereocenters. The predicted molar refractivity (Wildman–Crippen MR) is 88.0 cm³/mol. The van der Waals surface area contributed by atoms with Crippen LogP contribution in [0.2, 0.25) is 5.02 Å². The van der Waals surface area contributed by atoms with Crippen LogP contribution in [0.5, 0.6) is 5.75 Å². The molecule has 2 aromatic carbocycles. The topological polar surface area (TPSA) is 38.3 Å². The molecule has 1 unspecified atom stereocenters. The maximum absolute atomic E-state index is 12.3. The summed E-state index contributed by atoms with van der Waals surface area (Å²) in [4.78, 5) is 12.3. The fourth-order valence-electron chi connectivity index (χ4n) is 1.95. The Labute approximate surface area is 137 Å². The van der Waals surface area contributed by atoms with E-state index in [1.165, 1.54) is 0 Å². The first-order valence-corrected chi connectivity index (χ1v) is 7.58. The molecule has 0 aliphatic rings. The summed E-state index contributed by atoms with van der Waals surface area (Å²) < 4.78 is 5.89. The number of benzene rings is 2. The molecule has 3 nitrogen and oxygen atoms in total. The Bertz CT molecular complexity index is 660. The van der Waals surface area contributed by atoms with Gasteiger partial charge in [-0.1, -0.05) is 23.7 Å². The van der Waals surface area contributed by atoms with Gasteiger partial charge in [-0.3, -0.25) is 4.79 Å². The van der Waals surface area contributed by atoms with E-state index >= 15 is 0 Å². The number of methoxy groups -OCH3 is 1. The van der Waals surface area contributed by atoms with E-state index in [0.29, 0.717) is 16.3 Å². The van der Waals surface area contributed by atoms with Crippen LogP contribution in [0, 0.1) is 0 Å². The van der Waals surface area contributed by atoms with Crippen LogP contribution < -0.4 is 10.1 Å². The van der Waals surface area contributed by atoms with Gasteiger partial charge in [-0.25, -0.2) is 0 Å². The molecule has 0 radical (unpaired) electrons. The Kier molecular flexibility index (Phi) is 5.26. The van der Waals surface area contributed by atoms with E-state index in [1.54, 1.807) is 31.4 Å². The molecule has 1 amide bonds. The molecule has 0 aliphatic carbocycles. The summed E-state index contributed by atoms with van der Waals surface area (Å²) in [6, 6.07) is 12.5. The molecular formula is C16H15BrClNO2. The first-order chi connectivity index (χ1) is 10.0. The zero-order valence-corrected chi connectivity index (χ0v) is 14.0. The summed E-state index contributed by atoms with van der Waals surface area (Å²) >= 11 is 9.34. The Morgan fingerprint density at radius 1 is 1.29 bits per heavy atom. The van der Waals surface area contributed by atoms with Crippen molar-refractivity contribution in [1.82, 2.24) is 5.32 Å². The second-order valence-electron chi connectivity index (χ2n) is 4.60. The van der Waals surface area contributed by atoms with Crippen LogP contribution in [0.15, 0.2) is 46.9 Å². The molecule has 0 bridgehead atoms. The van der Waals surface area contributed by atoms with Gasteiger partial charge in [-0.15, -0.1) is 0 Å². The zero-order chi connectivity index (χ0) is 15.4. The first-order valence-electron chi connectivity index (χ1n) is 6.41. The van der Waals surface area contributed by atoms with E-state index in [9.17, 15) is 4.79 Å². The second kappa shape index (κ2) is 6.96. The minimum absolute atomic E-state index is 0.128. The van der Waals surface area contributed by atoms with Crippen LogP contribution in [-0.2, 0) is 0 Å². The van der Waals surface area contributed by atoms with Gasteiger partial charge in [0, 0.05) is 10.6 Å². The van der Waals surface area contributed by atoms with Crippen molar-refractivity contribution in [3.05, 3.63) is 63.1 Å². The number of hydrogen-bond acceptors (Lipinski definition) is 2. The maximum Gasteiger partial charge on any atom is 0.251 e. The molecule has 1 N–H and O–H groups in total. The molecule has 2 rings (SSSR count). The van der Waals surface area contributed by atoms with Gasteiger partial charge in [0.1, 0.15) is 5.75 Å². The van der Waals surface area contributed by atoms with Crippen LogP contribution in [0.4, 0.5) is 0 Å². The van der Waals surface area contributed by atoms with Crippen molar-refractivity contribution >= 4 is 33.4 Å². The third-order valence-electron chi connectivity index (χ3n) is 3.11. The van der Waals surface area contributed by atoms with Crippen LogP contribution in [0.1, 0.15) is 28.9 Å². The Morgan fingerprint density at radius 3 is 2.67 bits per heavy atom. The fourth-order valence-corrected chi connectivity index (χ4v) is 2.69. The summed E-state index contributed by atoms with van der Waals surface area (Å²) in [6.07, 6.45) is 0. The Morgan fingerprint density at radius 2 is 2.05 bits per heavy atom. The largest absolute Gasteiger partial charge is 0.496 e. The average Bonchev–Trinajstić information content (AvgIpc) is 2.47. The van der Waals surface area contributed by atoms with Crippen LogP contribution in [-0.4, -0.2) is 13.0 Å². The predicted octanol–water partition coefficient (Wildman–Crippen LogP) is 4.60. The molecule has 0 aromatic heterocycles. The summed E-state index contributed by atoms with van der Waals surface area (Å²) in [6.45, 7) is 1.92. The highest BCUT2D eigenvalue weighted by molar-refractivity contribution is 9.10. The van der Waals surface area contributed by atoms with E-state index in [2.05, 4.69) is 21.2 Å². The molecule has 0 heterocycles. The summed E-state index contributed by atoms with van der Waals surface area (Å²) in [5, 5.41) is 3.60. The number of ether oxygens (including phenoxy) is 1. The van der Waals surface area contributed by atoms with Crippen molar-refractivity contribution in [3.8, 4) is 5.75 Å². The highest BCUT2D eigenvalue weighted by Crippen LogP contribution is 2.26. The van der Waals surface area contributed by atoms with Crippen molar-refractivity contribution in [3.63, 3.8) is 0 Å². The van der Waals surface area contributed by atoms with E-state index in [0.717, 1.165) is 10.0 Å². The first kappa shape index (κ1) is 15.9. The molecule has 110 valence electrons. The van der Waals surface area contributed by atoms with Gasteiger partial charge in [0.15, 0.2) is 0 Å². The lowest BCUT2D eigenvalue weighted by atomic mass is 10.1. The zero-order valence-electron chi connectivity index (χ0n) is 11.7. The number of rotatable bonds is 4. The average molecular weight is 369 g/mol. The molecule has 5 heteroatoms. The van der Waals surface area contributed by atoms with Crippen molar-refractivity contribution in [2.45, 2.75) is 13.0 Å². The number of amides is 1. The number of hydrogen-bond donors (Lipinski definition) is 1. The monoisotopic (exact) mass is 367 g/mol. The minimum atomic E-state index is -0.147. The van der Waals surface area contributed by atoms with Crippen molar-refractivity contribution < 1.29 is 9.53 Å². The highest BCUT2D eigenvalue weighted by Gasteiger charge is 2.13. The Hall–Kier alpha value is -1.52. The van der Waals surface area contributed by atoms with Gasteiger partial charge in [-0.2, -0.15) is 0 Å². The van der Waals surface area contributed by atoms with Gasteiger partial charge in [0.25, 0.3) is 5.91 Å². The smallest absolute Gasteiger partial charge is 0.251 e. The molecule has 0 spiro atoms. The highest BCUT2D eigenvalue weighted by atomic mass is 79.9. The van der Waals surface area contributed by atoms with Gasteiger partial charge in [0.05, 0.1) is 17.6 Å². The lowest BCUT2D eigenvalue weighted by Gasteiger charge is -2.15. The molecule has 0 saturated carbocycles. The fraction of sp³-hybridized carbons (Fsp3) is 0.188. The second-order valence-corrected chi connectivity index (χ2v) is 5.89. The minimum Gasteiger partial charge on any atom is -0.496 e. The van der Waals surface area contributed by atoms with Gasteiger partial charge >= 0.3 is 0 Å². The van der Waals surface area contributed by atoms with Crippen molar-refractivity contribution in [1.29, 1.82) is 0 Å². The number of halogens is 2. The van der Waals surface area contributed by atoms with Crippen LogP contribution in [0.3, 0.4) is 0 Å².